The molecule has 0 radical (unpaired) electrons. The third-order valence-corrected chi connectivity index (χ3v) is 4.81. The van der Waals surface area contributed by atoms with E-state index in [1.165, 1.54) is 6.07 Å². The predicted molar refractivity (Wildman–Crippen MR) is 107 cm³/mol. The molecule has 0 bridgehead atoms. The lowest BCUT2D eigenvalue weighted by Crippen LogP contribution is -2.45. The summed E-state index contributed by atoms with van der Waals surface area (Å²) in [4.78, 5) is 22.2. The van der Waals surface area contributed by atoms with Crippen molar-refractivity contribution in [2.24, 2.45) is 10.9 Å². The number of benzene rings is 1. The minimum atomic E-state index is -0.307. The topological polar surface area (TPSA) is 74.6 Å². The van der Waals surface area contributed by atoms with Crippen molar-refractivity contribution in [3.8, 4) is 5.69 Å². The number of amides is 1. The second kappa shape index (κ2) is 8.86. The number of carbonyl (C=O) groups excluding carboxylic acids is 1. The van der Waals surface area contributed by atoms with Crippen molar-refractivity contribution >= 4 is 11.9 Å². The predicted octanol–water partition coefficient (Wildman–Crippen LogP) is 1.93. The summed E-state index contributed by atoms with van der Waals surface area (Å²) in [5, 5.41) is 6.56. The van der Waals surface area contributed by atoms with Gasteiger partial charge in [-0.05, 0) is 24.1 Å². The third kappa shape index (κ3) is 4.68. The van der Waals surface area contributed by atoms with E-state index in [9.17, 15) is 9.18 Å². The molecule has 1 unspecified atom stereocenters. The molecule has 0 aliphatic carbocycles. The molecule has 2 aromatic rings. The summed E-state index contributed by atoms with van der Waals surface area (Å²) in [6.45, 7) is 5.71. The summed E-state index contributed by atoms with van der Waals surface area (Å²) in [6.07, 6.45) is 5.77. The number of imidazole rings is 1. The maximum absolute atomic E-state index is 14.4. The van der Waals surface area contributed by atoms with E-state index in [0.717, 1.165) is 18.5 Å². The lowest BCUT2D eigenvalue weighted by atomic mass is 10.2. The van der Waals surface area contributed by atoms with Crippen molar-refractivity contribution in [1.29, 1.82) is 0 Å². The number of likely N-dealkylation sites (tertiary alicyclic amines) is 1. The molecule has 1 aliphatic rings. The highest BCUT2D eigenvalue weighted by Gasteiger charge is 2.27. The van der Waals surface area contributed by atoms with Gasteiger partial charge in [-0.1, -0.05) is 19.9 Å². The molecule has 0 saturated carbocycles. The smallest absolute Gasteiger partial charge is 0.225 e. The van der Waals surface area contributed by atoms with Gasteiger partial charge < -0.3 is 20.1 Å². The number of hydrogen-bond acceptors (Lipinski definition) is 3. The molecule has 1 aromatic heterocycles. The number of aromatic nitrogens is 2. The van der Waals surface area contributed by atoms with Crippen molar-refractivity contribution < 1.29 is 9.18 Å². The highest BCUT2D eigenvalue weighted by Crippen LogP contribution is 2.15. The molecule has 1 aliphatic heterocycles. The summed E-state index contributed by atoms with van der Waals surface area (Å²) in [5.74, 6) is 0.527. The lowest BCUT2D eigenvalue weighted by Gasteiger charge is -2.20. The van der Waals surface area contributed by atoms with Gasteiger partial charge in [-0.15, -0.1) is 0 Å². The van der Waals surface area contributed by atoms with Crippen molar-refractivity contribution in [1.82, 2.24) is 25.1 Å². The van der Waals surface area contributed by atoms with Crippen LogP contribution in [0.4, 0.5) is 4.39 Å². The zero-order valence-corrected chi connectivity index (χ0v) is 16.5. The molecule has 1 atom stereocenters. The van der Waals surface area contributed by atoms with E-state index in [4.69, 9.17) is 0 Å². The average Bonchev–Trinajstić information content (AvgIpc) is 3.36. The molecule has 2 N–H and O–H groups in total. The lowest BCUT2D eigenvalue weighted by molar-refractivity contribution is -0.133. The largest absolute Gasteiger partial charge is 0.352 e. The summed E-state index contributed by atoms with van der Waals surface area (Å²) < 4.78 is 16.0. The Hall–Kier alpha value is -2.90. The standard InChI is InChI=1S/C20H27FN6O/c1-14(2)19(28)26-8-6-16(12-26)25-20(22-3)24-11-15-4-5-18(17(21)10-15)27-9-7-23-13-27/h4-5,7,9-10,13-14,16H,6,8,11-12H2,1-3H3,(H2,22,24,25). The van der Waals surface area contributed by atoms with Crippen LogP contribution in [-0.4, -0.2) is 52.5 Å². The molecule has 1 amide bonds. The molecule has 8 heteroatoms. The number of guanidine groups is 1. The van der Waals surface area contributed by atoms with E-state index < -0.39 is 0 Å². The Morgan fingerprint density at radius 1 is 1.43 bits per heavy atom. The Morgan fingerprint density at radius 2 is 2.25 bits per heavy atom. The molecule has 1 fully saturated rings. The van der Waals surface area contributed by atoms with Crippen LogP contribution >= 0.6 is 0 Å². The van der Waals surface area contributed by atoms with E-state index in [0.29, 0.717) is 24.7 Å². The van der Waals surface area contributed by atoms with E-state index in [1.807, 2.05) is 24.8 Å². The Bertz CT molecular complexity index is 833. The first-order chi connectivity index (χ1) is 13.5. The SMILES string of the molecule is CN=C(NCc1ccc(-n2ccnc2)c(F)c1)NC1CCN(C(=O)C(C)C)C1. The van der Waals surface area contributed by atoms with Gasteiger partial charge in [-0.2, -0.15) is 0 Å². The molecular formula is C20H27FN6O. The van der Waals surface area contributed by atoms with Crippen molar-refractivity contribution in [2.45, 2.75) is 32.9 Å². The van der Waals surface area contributed by atoms with Gasteiger partial charge >= 0.3 is 0 Å². The van der Waals surface area contributed by atoms with Crippen molar-refractivity contribution in [3.63, 3.8) is 0 Å². The fourth-order valence-electron chi connectivity index (χ4n) is 3.29. The summed E-state index contributed by atoms with van der Waals surface area (Å²) in [6, 6.07) is 5.27. The highest BCUT2D eigenvalue weighted by atomic mass is 19.1. The maximum atomic E-state index is 14.4. The zero-order chi connectivity index (χ0) is 20.1. The van der Waals surface area contributed by atoms with E-state index in [1.54, 1.807) is 36.4 Å². The van der Waals surface area contributed by atoms with Crippen LogP contribution in [0, 0.1) is 11.7 Å². The molecule has 7 nitrogen and oxygen atoms in total. The monoisotopic (exact) mass is 386 g/mol. The maximum Gasteiger partial charge on any atom is 0.225 e. The minimum Gasteiger partial charge on any atom is -0.352 e. The molecular weight excluding hydrogens is 359 g/mol. The number of carbonyl (C=O) groups is 1. The van der Waals surface area contributed by atoms with Crippen molar-refractivity contribution in [2.75, 3.05) is 20.1 Å². The van der Waals surface area contributed by atoms with Crippen LogP contribution in [0.2, 0.25) is 0 Å². The van der Waals surface area contributed by atoms with Gasteiger partial charge in [0.2, 0.25) is 5.91 Å². The molecule has 1 aromatic carbocycles. The van der Waals surface area contributed by atoms with Gasteiger partial charge in [-0.3, -0.25) is 9.79 Å². The molecule has 28 heavy (non-hydrogen) atoms. The quantitative estimate of drug-likeness (QED) is 0.608. The number of nitrogens with one attached hydrogen (secondary N) is 2. The van der Waals surface area contributed by atoms with Crippen LogP contribution in [0.25, 0.3) is 5.69 Å². The first-order valence-electron chi connectivity index (χ1n) is 9.50. The average molecular weight is 386 g/mol. The first kappa shape index (κ1) is 19.9. The van der Waals surface area contributed by atoms with E-state index in [-0.39, 0.29) is 23.7 Å². The summed E-state index contributed by atoms with van der Waals surface area (Å²) >= 11 is 0. The Kier molecular flexibility index (Phi) is 6.28. The molecule has 1 saturated heterocycles. The fraction of sp³-hybridized carbons (Fsp3) is 0.450. The summed E-state index contributed by atoms with van der Waals surface area (Å²) in [7, 11) is 1.70. The van der Waals surface area contributed by atoms with Crippen LogP contribution in [0.15, 0.2) is 41.9 Å². The van der Waals surface area contributed by atoms with Crippen LogP contribution in [0.5, 0.6) is 0 Å². The van der Waals surface area contributed by atoms with Crippen LogP contribution in [0.3, 0.4) is 0 Å². The normalized spacial score (nSPS) is 17.2. The number of hydrogen-bond donors (Lipinski definition) is 2. The van der Waals surface area contributed by atoms with E-state index >= 15 is 0 Å². The number of aliphatic imine (C=N–C) groups is 1. The number of halogens is 1. The molecule has 150 valence electrons. The molecule has 0 spiro atoms. The van der Waals surface area contributed by atoms with Crippen LogP contribution in [0.1, 0.15) is 25.8 Å². The Balaban J connectivity index is 1.53. The Labute approximate surface area is 164 Å². The van der Waals surface area contributed by atoms with Gasteiger partial charge in [0, 0.05) is 51.0 Å². The van der Waals surface area contributed by atoms with Gasteiger partial charge in [0.1, 0.15) is 5.82 Å². The van der Waals surface area contributed by atoms with E-state index in [2.05, 4.69) is 20.6 Å². The number of rotatable bonds is 5. The van der Waals surface area contributed by atoms with Crippen molar-refractivity contribution in [3.05, 3.63) is 48.3 Å². The number of nitrogens with zero attached hydrogens (tertiary/aromatic N) is 4. The summed E-state index contributed by atoms with van der Waals surface area (Å²) in [5.41, 5.74) is 1.27. The zero-order valence-electron chi connectivity index (χ0n) is 16.5. The first-order valence-corrected chi connectivity index (χ1v) is 9.50. The second-order valence-corrected chi connectivity index (χ2v) is 7.25. The van der Waals surface area contributed by atoms with Gasteiger partial charge in [0.25, 0.3) is 0 Å². The van der Waals surface area contributed by atoms with Gasteiger partial charge in [-0.25, -0.2) is 9.37 Å². The van der Waals surface area contributed by atoms with Crippen LogP contribution in [-0.2, 0) is 11.3 Å². The second-order valence-electron chi connectivity index (χ2n) is 7.25. The molecule has 3 rings (SSSR count). The third-order valence-electron chi connectivity index (χ3n) is 4.81. The molecule has 2 heterocycles. The fourth-order valence-corrected chi connectivity index (χ4v) is 3.29. The van der Waals surface area contributed by atoms with Crippen LogP contribution < -0.4 is 10.6 Å². The highest BCUT2D eigenvalue weighted by molar-refractivity contribution is 5.81. The minimum absolute atomic E-state index is 0.0105. The van der Waals surface area contributed by atoms with Gasteiger partial charge in [0.15, 0.2) is 5.96 Å². The van der Waals surface area contributed by atoms with Gasteiger partial charge in [0.05, 0.1) is 12.0 Å². The Morgan fingerprint density at radius 3 is 2.89 bits per heavy atom.